The van der Waals surface area contributed by atoms with Gasteiger partial charge in [0.2, 0.25) is 10.0 Å². The number of rotatable bonds is 6. The third-order valence-electron chi connectivity index (χ3n) is 4.71. The van der Waals surface area contributed by atoms with Crippen molar-refractivity contribution in [1.82, 2.24) is 29.0 Å². The SMILES string of the molecule is CSCS(=O)(=O)N1CC(CC#N)(n2cc(-c3ncnc4[nH]ccc34)cn2)C1.Cl. The molecular weight excluding hydrogens is 422 g/mol. The van der Waals surface area contributed by atoms with Crippen molar-refractivity contribution in [3.05, 3.63) is 31.0 Å². The van der Waals surface area contributed by atoms with Crippen molar-refractivity contribution in [2.24, 2.45) is 0 Å². The van der Waals surface area contributed by atoms with Gasteiger partial charge in [-0.1, -0.05) is 0 Å². The minimum absolute atomic E-state index is 0. The fraction of sp³-hybridized carbons (Fsp3) is 0.375. The molecule has 0 aliphatic carbocycles. The Hall–Kier alpha value is -2.13. The molecule has 1 saturated heterocycles. The molecule has 0 radical (unpaired) electrons. The Labute approximate surface area is 172 Å². The Kier molecular flexibility index (Phi) is 5.67. The number of aromatic amines is 1. The highest BCUT2D eigenvalue weighted by molar-refractivity contribution is 8.11. The van der Waals surface area contributed by atoms with Gasteiger partial charge in [0.25, 0.3) is 0 Å². The van der Waals surface area contributed by atoms with Gasteiger partial charge in [-0.05, 0) is 12.3 Å². The van der Waals surface area contributed by atoms with E-state index >= 15 is 0 Å². The zero-order valence-corrected chi connectivity index (χ0v) is 17.4. The second-order valence-corrected chi connectivity index (χ2v) is 9.68. The number of sulfonamides is 1. The summed E-state index contributed by atoms with van der Waals surface area (Å²) in [6.45, 7) is 0.488. The molecule has 0 spiro atoms. The van der Waals surface area contributed by atoms with Crippen LogP contribution in [0.3, 0.4) is 0 Å². The number of fused-ring (bicyclic) bond motifs is 1. The van der Waals surface area contributed by atoms with Crippen LogP contribution in [0.1, 0.15) is 6.42 Å². The Balaban J connectivity index is 0.00000225. The maximum absolute atomic E-state index is 12.3. The Bertz CT molecular complexity index is 1130. The van der Waals surface area contributed by atoms with Crippen LogP contribution in [0, 0.1) is 11.3 Å². The Morgan fingerprint density at radius 2 is 2.18 bits per heavy atom. The van der Waals surface area contributed by atoms with Gasteiger partial charge in [0, 0.05) is 36.4 Å². The summed E-state index contributed by atoms with van der Waals surface area (Å²) in [6, 6.07) is 4.07. The zero-order valence-electron chi connectivity index (χ0n) is 14.9. The number of nitrogens with one attached hydrogen (secondary N) is 1. The van der Waals surface area contributed by atoms with Gasteiger partial charge in [0.1, 0.15) is 22.6 Å². The van der Waals surface area contributed by atoms with E-state index in [1.54, 1.807) is 23.3 Å². The number of H-pyrrole nitrogens is 1. The van der Waals surface area contributed by atoms with Crippen molar-refractivity contribution < 1.29 is 8.42 Å². The molecule has 4 heterocycles. The molecule has 0 unspecified atom stereocenters. The summed E-state index contributed by atoms with van der Waals surface area (Å²) in [7, 11) is -3.32. The molecule has 0 atom stereocenters. The average molecular weight is 440 g/mol. The smallest absolute Gasteiger partial charge is 0.223 e. The molecule has 9 nitrogen and oxygen atoms in total. The molecule has 1 N–H and O–H groups in total. The molecule has 1 aliphatic heterocycles. The minimum atomic E-state index is -3.32. The van der Waals surface area contributed by atoms with E-state index in [1.165, 1.54) is 22.4 Å². The summed E-state index contributed by atoms with van der Waals surface area (Å²) < 4.78 is 27.6. The molecule has 3 aromatic rings. The van der Waals surface area contributed by atoms with Gasteiger partial charge in [-0.2, -0.15) is 14.7 Å². The summed E-state index contributed by atoms with van der Waals surface area (Å²) in [5, 5.41) is 14.6. The van der Waals surface area contributed by atoms with Crippen LogP contribution in [0.4, 0.5) is 0 Å². The minimum Gasteiger partial charge on any atom is -0.346 e. The van der Waals surface area contributed by atoms with Gasteiger partial charge in [0.05, 0.1) is 24.4 Å². The summed E-state index contributed by atoms with van der Waals surface area (Å²) >= 11 is 1.26. The molecule has 1 aliphatic rings. The van der Waals surface area contributed by atoms with Crippen molar-refractivity contribution in [3.63, 3.8) is 0 Å². The Morgan fingerprint density at radius 3 is 2.89 bits per heavy atom. The van der Waals surface area contributed by atoms with E-state index in [1.807, 2.05) is 12.3 Å². The lowest BCUT2D eigenvalue weighted by Gasteiger charge is -2.47. The van der Waals surface area contributed by atoms with Crippen LogP contribution in [-0.2, 0) is 15.6 Å². The normalized spacial score (nSPS) is 16.3. The molecule has 4 rings (SSSR count). The Morgan fingerprint density at radius 1 is 1.39 bits per heavy atom. The third kappa shape index (κ3) is 3.37. The predicted octanol–water partition coefficient (Wildman–Crippen LogP) is 1.82. The zero-order chi connectivity index (χ0) is 19.1. The van der Waals surface area contributed by atoms with Crippen LogP contribution >= 0.6 is 24.2 Å². The number of thioether (sulfide) groups is 1. The maximum atomic E-state index is 12.3. The van der Waals surface area contributed by atoms with Gasteiger partial charge in [-0.25, -0.2) is 18.4 Å². The van der Waals surface area contributed by atoms with Gasteiger partial charge in [0.15, 0.2) is 0 Å². The second-order valence-electron chi connectivity index (χ2n) is 6.48. The van der Waals surface area contributed by atoms with Gasteiger partial charge < -0.3 is 4.98 Å². The van der Waals surface area contributed by atoms with Gasteiger partial charge >= 0.3 is 0 Å². The summed E-state index contributed by atoms with van der Waals surface area (Å²) in [4.78, 5) is 11.6. The lowest BCUT2D eigenvalue weighted by atomic mass is 9.89. The van der Waals surface area contributed by atoms with E-state index in [-0.39, 0.29) is 37.0 Å². The highest BCUT2D eigenvalue weighted by Gasteiger charge is 2.50. The van der Waals surface area contributed by atoms with Crippen molar-refractivity contribution >= 4 is 45.2 Å². The van der Waals surface area contributed by atoms with E-state index in [9.17, 15) is 13.7 Å². The molecule has 0 saturated carbocycles. The summed E-state index contributed by atoms with van der Waals surface area (Å²) in [5.74, 6) is 0. The maximum Gasteiger partial charge on any atom is 0.223 e. The fourth-order valence-electron chi connectivity index (χ4n) is 3.32. The first kappa shape index (κ1) is 20.6. The van der Waals surface area contributed by atoms with Crippen LogP contribution in [0.2, 0.25) is 0 Å². The number of nitrogens with zero attached hydrogens (tertiary/aromatic N) is 6. The van der Waals surface area contributed by atoms with Gasteiger partial charge in [-0.3, -0.25) is 4.68 Å². The van der Waals surface area contributed by atoms with Crippen LogP contribution in [0.15, 0.2) is 31.0 Å². The van der Waals surface area contributed by atoms with E-state index < -0.39 is 15.6 Å². The van der Waals surface area contributed by atoms with Crippen LogP contribution in [-0.4, -0.2) is 61.9 Å². The number of aromatic nitrogens is 5. The fourth-order valence-corrected chi connectivity index (χ4v) is 5.98. The first-order valence-corrected chi connectivity index (χ1v) is 11.2. The average Bonchev–Trinajstić information content (AvgIpc) is 3.26. The number of hydrogen-bond acceptors (Lipinski definition) is 7. The molecule has 12 heteroatoms. The van der Waals surface area contributed by atoms with Crippen molar-refractivity contribution in [1.29, 1.82) is 5.26 Å². The van der Waals surface area contributed by atoms with Crippen LogP contribution < -0.4 is 0 Å². The molecule has 1 fully saturated rings. The highest BCUT2D eigenvalue weighted by atomic mass is 35.5. The standard InChI is InChI=1S/C16H17N7O2S2.ClH/c1-26-11-27(24,25)22-8-16(9-22,3-4-17)23-7-12(6-21-23)14-13-2-5-18-15(13)20-10-19-14;/h2,5-7,10H,3,8-9,11H2,1H3,(H,18,19,20);1H. The molecule has 148 valence electrons. The molecule has 0 bridgehead atoms. The van der Waals surface area contributed by atoms with Crippen molar-refractivity contribution in [3.8, 4) is 17.3 Å². The van der Waals surface area contributed by atoms with Crippen molar-refractivity contribution in [2.45, 2.75) is 12.0 Å². The summed E-state index contributed by atoms with van der Waals surface area (Å²) in [6.07, 6.45) is 8.73. The molecule has 0 amide bonds. The lowest BCUT2D eigenvalue weighted by molar-refractivity contribution is 0.0722. The van der Waals surface area contributed by atoms with E-state index in [0.29, 0.717) is 0 Å². The lowest BCUT2D eigenvalue weighted by Crippen LogP contribution is -2.64. The quantitative estimate of drug-likeness (QED) is 0.621. The molecule has 3 aromatic heterocycles. The van der Waals surface area contributed by atoms with E-state index in [2.05, 4.69) is 26.1 Å². The highest BCUT2D eigenvalue weighted by Crippen LogP contribution is 2.36. The number of nitriles is 1. The topological polar surface area (TPSA) is 121 Å². The van der Waals surface area contributed by atoms with Crippen LogP contribution in [0.25, 0.3) is 22.3 Å². The third-order valence-corrected chi connectivity index (χ3v) is 7.88. The monoisotopic (exact) mass is 439 g/mol. The van der Waals surface area contributed by atoms with Crippen molar-refractivity contribution in [2.75, 3.05) is 24.4 Å². The first-order chi connectivity index (χ1) is 13.0. The predicted molar refractivity (Wildman–Crippen MR) is 109 cm³/mol. The molecule has 0 aromatic carbocycles. The number of halogens is 1. The second kappa shape index (κ2) is 7.71. The molecular formula is C16H18ClN7O2S2. The summed E-state index contributed by atoms with van der Waals surface area (Å²) in [5.41, 5.74) is 1.62. The molecule has 28 heavy (non-hydrogen) atoms. The number of hydrogen-bond donors (Lipinski definition) is 1. The van der Waals surface area contributed by atoms with E-state index in [4.69, 9.17) is 0 Å². The largest absolute Gasteiger partial charge is 0.346 e. The van der Waals surface area contributed by atoms with Crippen LogP contribution in [0.5, 0.6) is 0 Å². The first-order valence-electron chi connectivity index (χ1n) is 8.16. The van der Waals surface area contributed by atoms with Gasteiger partial charge in [-0.15, -0.1) is 24.2 Å². The van der Waals surface area contributed by atoms with E-state index in [0.717, 1.165) is 22.3 Å².